The second-order valence-corrected chi connectivity index (χ2v) is 6.40. The number of carbonyl (C=O) groups excluding carboxylic acids is 2. The number of carbonyl (C=O) groups is 2. The molecule has 0 bridgehead atoms. The minimum absolute atomic E-state index is 0.0412. The Bertz CT molecular complexity index is 910. The Kier molecular flexibility index (Phi) is 5.62. The summed E-state index contributed by atoms with van der Waals surface area (Å²) in [6.45, 7) is 1.20. The van der Waals surface area contributed by atoms with Gasteiger partial charge in [-0.1, -0.05) is 12.1 Å². The number of hydrogen-bond acceptors (Lipinski definition) is 4. The van der Waals surface area contributed by atoms with E-state index < -0.39 is 22.5 Å². The molecule has 0 N–H and O–H groups in total. The molecule has 2 amide bonds. The molecular formula is C19H17F2N3O4. The van der Waals surface area contributed by atoms with Crippen LogP contribution in [0.4, 0.5) is 14.5 Å². The fourth-order valence-electron chi connectivity index (χ4n) is 2.99. The molecule has 9 heteroatoms. The first-order chi connectivity index (χ1) is 13.3. The smallest absolute Gasteiger partial charge is 0.269 e. The summed E-state index contributed by atoms with van der Waals surface area (Å²) >= 11 is 0. The molecule has 1 saturated heterocycles. The second-order valence-electron chi connectivity index (χ2n) is 6.40. The van der Waals surface area contributed by atoms with Crippen molar-refractivity contribution in [2.75, 3.05) is 26.2 Å². The topological polar surface area (TPSA) is 83.8 Å². The Balaban J connectivity index is 1.55. The van der Waals surface area contributed by atoms with Crippen molar-refractivity contribution >= 4 is 17.5 Å². The molecule has 146 valence electrons. The summed E-state index contributed by atoms with van der Waals surface area (Å²) in [5.41, 5.74) is 0.681. The van der Waals surface area contributed by atoms with Gasteiger partial charge in [0.1, 0.15) is 0 Å². The molecule has 0 saturated carbocycles. The molecule has 0 spiro atoms. The SMILES string of the molecule is O=C(Cc1ccc([N+](=O)[O-])cc1)N1CCN(C(=O)c2ccc(F)c(F)c2)CC1. The number of nitrogens with zero attached hydrogens (tertiary/aromatic N) is 3. The number of benzene rings is 2. The summed E-state index contributed by atoms with van der Waals surface area (Å²) in [7, 11) is 0. The number of nitro groups is 1. The van der Waals surface area contributed by atoms with Gasteiger partial charge < -0.3 is 9.80 Å². The molecule has 28 heavy (non-hydrogen) atoms. The van der Waals surface area contributed by atoms with Crippen LogP contribution in [0.2, 0.25) is 0 Å². The van der Waals surface area contributed by atoms with E-state index in [2.05, 4.69) is 0 Å². The zero-order valence-corrected chi connectivity index (χ0v) is 14.8. The summed E-state index contributed by atoms with van der Waals surface area (Å²) in [6.07, 6.45) is 0.106. The van der Waals surface area contributed by atoms with Gasteiger partial charge in [-0.2, -0.15) is 0 Å². The van der Waals surface area contributed by atoms with E-state index in [1.807, 2.05) is 0 Å². The minimum atomic E-state index is -1.08. The van der Waals surface area contributed by atoms with E-state index in [4.69, 9.17) is 0 Å². The third kappa shape index (κ3) is 4.30. The highest BCUT2D eigenvalue weighted by molar-refractivity contribution is 5.94. The summed E-state index contributed by atoms with van der Waals surface area (Å²) in [4.78, 5) is 38.1. The molecule has 0 aliphatic carbocycles. The first kappa shape index (κ1) is 19.4. The number of amides is 2. The highest BCUT2D eigenvalue weighted by atomic mass is 19.2. The van der Waals surface area contributed by atoms with Crippen LogP contribution in [-0.2, 0) is 11.2 Å². The fourth-order valence-corrected chi connectivity index (χ4v) is 2.99. The van der Waals surface area contributed by atoms with Crippen molar-refractivity contribution in [1.82, 2.24) is 9.80 Å². The first-order valence-electron chi connectivity index (χ1n) is 8.60. The maximum absolute atomic E-state index is 13.3. The van der Waals surface area contributed by atoms with Gasteiger partial charge in [-0.3, -0.25) is 19.7 Å². The molecule has 1 heterocycles. The molecule has 2 aromatic carbocycles. The van der Waals surface area contributed by atoms with E-state index in [9.17, 15) is 28.5 Å². The van der Waals surface area contributed by atoms with Crippen molar-refractivity contribution in [1.29, 1.82) is 0 Å². The highest BCUT2D eigenvalue weighted by Crippen LogP contribution is 2.15. The average molecular weight is 389 g/mol. The van der Waals surface area contributed by atoms with Crippen LogP contribution in [0.25, 0.3) is 0 Å². The standard InChI is InChI=1S/C19H17F2N3O4/c20-16-6-3-14(12-17(16)21)19(26)23-9-7-22(8-10-23)18(25)11-13-1-4-15(5-2-13)24(27)28/h1-6,12H,7-11H2. The molecule has 7 nitrogen and oxygen atoms in total. The van der Waals surface area contributed by atoms with Gasteiger partial charge in [0.25, 0.3) is 11.6 Å². The van der Waals surface area contributed by atoms with E-state index >= 15 is 0 Å². The molecule has 1 aliphatic rings. The van der Waals surface area contributed by atoms with Gasteiger partial charge in [0.05, 0.1) is 11.3 Å². The van der Waals surface area contributed by atoms with Crippen molar-refractivity contribution in [3.8, 4) is 0 Å². The van der Waals surface area contributed by atoms with E-state index in [-0.39, 0.29) is 36.7 Å². The lowest BCUT2D eigenvalue weighted by molar-refractivity contribution is -0.384. The predicted octanol–water partition coefficient (Wildman–Crippen LogP) is 2.40. The van der Waals surface area contributed by atoms with E-state index in [1.165, 1.54) is 23.1 Å². The maximum atomic E-state index is 13.3. The van der Waals surface area contributed by atoms with Gasteiger partial charge in [-0.15, -0.1) is 0 Å². The monoisotopic (exact) mass is 389 g/mol. The van der Waals surface area contributed by atoms with Gasteiger partial charge in [-0.05, 0) is 23.8 Å². The van der Waals surface area contributed by atoms with E-state index in [1.54, 1.807) is 17.0 Å². The van der Waals surface area contributed by atoms with Crippen LogP contribution in [0.3, 0.4) is 0 Å². The Morgan fingerprint density at radius 1 is 0.929 bits per heavy atom. The minimum Gasteiger partial charge on any atom is -0.339 e. The normalized spacial score (nSPS) is 14.1. The molecule has 0 unspecified atom stereocenters. The Labute approximate surface area is 159 Å². The zero-order chi connectivity index (χ0) is 20.3. The number of rotatable bonds is 4. The maximum Gasteiger partial charge on any atom is 0.269 e. The molecule has 3 rings (SSSR count). The first-order valence-corrected chi connectivity index (χ1v) is 8.60. The van der Waals surface area contributed by atoms with Gasteiger partial charge in [0.2, 0.25) is 5.91 Å². The number of halogens is 2. The quantitative estimate of drug-likeness (QED) is 0.594. The lowest BCUT2D eigenvalue weighted by atomic mass is 10.1. The van der Waals surface area contributed by atoms with E-state index in [0.29, 0.717) is 18.7 Å². The number of non-ortho nitro benzene ring substituents is 1. The van der Waals surface area contributed by atoms with Crippen molar-refractivity contribution < 1.29 is 23.3 Å². The Morgan fingerprint density at radius 3 is 2.11 bits per heavy atom. The Morgan fingerprint density at radius 2 is 1.54 bits per heavy atom. The van der Waals surface area contributed by atoms with E-state index in [0.717, 1.165) is 12.1 Å². The lowest BCUT2D eigenvalue weighted by Gasteiger charge is -2.35. The molecular weight excluding hydrogens is 372 g/mol. The third-order valence-electron chi connectivity index (χ3n) is 4.59. The van der Waals surface area contributed by atoms with Crippen LogP contribution < -0.4 is 0 Å². The zero-order valence-electron chi connectivity index (χ0n) is 14.8. The molecule has 0 atom stereocenters. The predicted molar refractivity (Wildman–Crippen MR) is 95.6 cm³/mol. The Hall–Kier alpha value is -3.36. The third-order valence-corrected chi connectivity index (χ3v) is 4.59. The van der Waals surface area contributed by atoms with Gasteiger partial charge >= 0.3 is 0 Å². The van der Waals surface area contributed by atoms with Crippen LogP contribution in [0.1, 0.15) is 15.9 Å². The molecule has 2 aromatic rings. The summed E-state index contributed by atoms with van der Waals surface area (Å²) in [5, 5.41) is 10.7. The lowest BCUT2D eigenvalue weighted by Crippen LogP contribution is -2.51. The van der Waals surface area contributed by atoms with Gasteiger partial charge in [0, 0.05) is 43.9 Å². The summed E-state index contributed by atoms with van der Waals surface area (Å²) in [6, 6.07) is 8.78. The molecule has 0 radical (unpaired) electrons. The van der Waals surface area contributed by atoms with Crippen LogP contribution in [0, 0.1) is 21.7 Å². The highest BCUT2D eigenvalue weighted by Gasteiger charge is 2.25. The van der Waals surface area contributed by atoms with Crippen LogP contribution >= 0.6 is 0 Å². The number of nitro benzene ring substituents is 1. The van der Waals surface area contributed by atoms with Crippen LogP contribution in [0.5, 0.6) is 0 Å². The van der Waals surface area contributed by atoms with Crippen molar-refractivity contribution in [2.24, 2.45) is 0 Å². The average Bonchev–Trinajstić information content (AvgIpc) is 2.70. The molecule has 1 aliphatic heterocycles. The molecule has 0 aromatic heterocycles. The van der Waals surface area contributed by atoms with Crippen molar-refractivity contribution in [3.05, 3.63) is 75.3 Å². The number of hydrogen-bond donors (Lipinski definition) is 0. The van der Waals surface area contributed by atoms with Crippen molar-refractivity contribution in [2.45, 2.75) is 6.42 Å². The van der Waals surface area contributed by atoms with Gasteiger partial charge in [-0.25, -0.2) is 8.78 Å². The van der Waals surface area contributed by atoms with Gasteiger partial charge in [0.15, 0.2) is 11.6 Å². The van der Waals surface area contributed by atoms with Crippen LogP contribution in [0.15, 0.2) is 42.5 Å². The van der Waals surface area contributed by atoms with Crippen LogP contribution in [-0.4, -0.2) is 52.7 Å². The second kappa shape index (κ2) is 8.12. The fraction of sp³-hybridized carbons (Fsp3) is 0.263. The van der Waals surface area contributed by atoms with Crippen molar-refractivity contribution in [3.63, 3.8) is 0 Å². The summed E-state index contributed by atoms with van der Waals surface area (Å²) < 4.78 is 26.3. The molecule has 1 fully saturated rings. The largest absolute Gasteiger partial charge is 0.339 e. The number of piperazine rings is 1. The summed E-state index contributed by atoms with van der Waals surface area (Å²) in [5.74, 6) is -2.66.